The van der Waals surface area contributed by atoms with Crippen molar-refractivity contribution in [2.45, 2.75) is 25.1 Å². The van der Waals surface area contributed by atoms with Crippen molar-refractivity contribution in [1.82, 2.24) is 20.5 Å². The molecule has 2 N–H and O–H groups in total. The predicted octanol–water partition coefficient (Wildman–Crippen LogP) is 1.87. The van der Waals surface area contributed by atoms with Crippen molar-refractivity contribution in [3.05, 3.63) is 29.6 Å². The largest absolute Gasteiger partial charge is 0.453 e. The molecule has 1 saturated heterocycles. The number of nitrogens with one attached hydrogen (secondary N) is 2. The molecule has 0 unspecified atom stereocenters. The van der Waals surface area contributed by atoms with Gasteiger partial charge in [-0.15, -0.1) is 11.8 Å². The fraction of sp³-hybridized carbons (Fsp3) is 0.529. The summed E-state index contributed by atoms with van der Waals surface area (Å²) in [4.78, 5) is 40.9. The maximum atomic E-state index is 12.5. The van der Waals surface area contributed by atoms with Crippen LogP contribution in [0.2, 0.25) is 0 Å². The molecule has 0 saturated carbocycles. The fourth-order valence-electron chi connectivity index (χ4n) is 2.57. The molecule has 2 heterocycles. The number of alkyl halides is 3. The maximum Gasteiger partial charge on any atom is 0.433 e. The number of aromatic nitrogens is 1. The average molecular weight is 434 g/mol. The van der Waals surface area contributed by atoms with Crippen molar-refractivity contribution >= 4 is 29.7 Å². The van der Waals surface area contributed by atoms with Gasteiger partial charge >= 0.3 is 12.3 Å². The highest BCUT2D eigenvalue weighted by Crippen LogP contribution is 2.27. The molecule has 1 fully saturated rings. The van der Waals surface area contributed by atoms with E-state index in [0.717, 1.165) is 24.1 Å². The molecule has 0 bridgehead atoms. The van der Waals surface area contributed by atoms with E-state index in [4.69, 9.17) is 0 Å². The summed E-state index contributed by atoms with van der Waals surface area (Å²) in [6.45, 7) is 0.766. The lowest BCUT2D eigenvalue weighted by Gasteiger charge is -2.23. The Bertz CT molecular complexity index is 724. The van der Waals surface area contributed by atoms with Gasteiger partial charge in [-0.05, 0) is 25.0 Å². The summed E-state index contributed by atoms with van der Waals surface area (Å²) in [5.74, 6) is 0.577. The summed E-state index contributed by atoms with van der Waals surface area (Å²) < 4.78 is 42.1. The Kier molecular flexibility index (Phi) is 8.11. The summed E-state index contributed by atoms with van der Waals surface area (Å²) in [5, 5.41) is 5.05. The van der Waals surface area contributed by atoms with Crippen LogP contribution in [0, 0.1) is 0 Å². The van der Waals surface area contributed by atoms with Crippen LogP contribution in [-0.2, 0) is 15.7 Å². The number of nitrogens with zero attached hydrogens (tertiary/aromatic N) is 2. The highest BCUT2D eigenvalue weighted by Gasteiger charge is 2.32. The minimum absolute atomic E-state index is 0.00703. The van der Waals surface area contributed by atoms with Crippen molar-refractivity contribution in [2.24, 2.45) is 0 Å². The zero-order valence-electron chi connectivity index (χ0n) is 15.6. The first-order chi connectivity index (χ1) is 13.7. The number of alkyl carbamates (subject to hydrolysis) is 1. The molecule has 12 heteroatoms. The average Bonchev–Trinajstić information content (AvgIpc) is 3.23. The Morgan fingerprint density at radius 2 is 2.10 bits per heavy atom. The minimum Gasteiger partial charge on any atom is -0.453 e. The van der Waals surface area contributed by atoms with E-state index in [9.17, 15) is 27.6 Å². The van der Waals surface area contributed by atoms with Crippen LogP contribution in [-0.4, -0.2) is 65.7 Å². The van der Waals surface area contributed by atoms with Gasteiger partial charge in [-0.25, -0.2) is 4.79 Å². The van der Waals surface area contributed by atoms with E-state index in [2.05, 4.69) is 20.4 Å². The number of amides is 3. The molecule has 29 heavy (non-hydrogen) atoms. The predicted molar refractivity (Wildman–Crippen MR) is 99.2 cm³/mol. The van der Waals surface area contributed by atoms with E-state index < -0.39 is 29.9 Å². The van der Waals surface area contributed by atoms with Gasteiger partial charge in [0, 0.05) is 25.0 Å². The Morgan fingerprint density at radius 1 is 1.34 bits per heavy atom. The number of carbonyl (C=O) groups is 3. The first-order valence-electron chi connectivity index (χ1n) is 8.75. The van der Waals surface area contributed by atoms with E-state index in [0.29, 0.717) is 18.8 Å². The van der Waals surface area contributed by atoms with Crippen LogP contribution in [0.4, 0.5) is 18.0 Å². The highest BCUT2D eigenvalue weighted by molar-refractivity contribution is 7.99. The molecule has 0 radical (unpaired) electrons. The Labute approximate surface area is 169 Å². The molecule has 3 amide bonds. The SMILES string of the molecule is COC(=O)N[C@@H](CCCNC(=O)c1ccc(C(F)(F)F)nc1)C(=O)N1CCSC1. The second-order valence-corrected chi connectivity index (χ2v) is 7.23. The van der Waals surface area contributed by atoms with Crippen LogP contribution in [0.25, 0.3) is 0 Å². The van der Waals surface area contributed by atoms with E-state index in [-0.39, 0.29) is 24.4 Å². The maximum absolute atomic E-state index is 12.5. The number of halogens is 3. The van der Waals surface area contributed by atoms with Gasteiger partial charge in [0.05, 0.1) is 18.6 Å². The van der Waals surface area contributed by atoms with E-state index in [1.807, 2.05) is 0 Å². The monoisotopic (exact) mass is 434 g/mol. The molecule has 160 valence electrons. The van der Waals surface area contributed by atoms with Gasteiger partial charge in [0.15, 0.2) is 0 Å². The first-order valence-corrected chi connectivity index (χ1v) is 9.90. The number of carbonyl (C=O) groups excluding carboxylic acids is 3. The van der Waals surface area contributed by atoms with Crippen molar-refractivity contribution in [3.63, 3.8) is 0 Å². The lowest BCUT2D eigenvalue weighted by atomic mass is 10.1. The molecular formula is C17H21F3N4O4S. The molecule has 1 aliphatic heterocycles. The third kappa shape index (κ3) is 6.80. The molecule has 0 aromatic carbocycles. The fourth-order valence-corrected chi connectivity index (χ4v) is 3.53. The molecular weight excluding hydrogens is 413 g/mol. The quantitative estimate of drug-likeness (QED) is 0.636. The number of hydrogen-bond acceptors (Lipinski definition) is 6. The van der Waals surface area contributed by atoms with Crippen LogP contribution in [0.3, 0.4) is 0 Å². The summed E-state index contributed by atoms with van der Waals surface area (Å²) in [5.41, 5.74) is -1.09. The van der Waals surface area contributed by atoms with E-state index >= 15 is 0 Å². The highest BCUT2D eigenvalue weighted by atomic mass is 32.2. The number of pyridine rings is 1. The Hall–Kier alpha value is -2.50. The van der Waals surface area contributed by atoms with Gasteiger partial charge in [-0.2, -0.15) is 13.2 Å². The Morgan fingerprint density at radius 3 is 2.66 bits per heavy atom. The third-order valence-electron chi connectivity index (χ3n) is 4.11. The molecule has 0 spiro atoms. The van der Waals surface area contributed by atoms with Crippen LogP contribution >= 0.6 is 11.8 Å². The van der Waals surface area contributed by atoms with Crippen LogP contribution in [0.5, 0.6) is 0 Å². The van der Waals surface area contributed by atoms with Crippen molar-refractivity contribution < 1.29 is 32.3 Å². The molecule has 0 aliphatic carbocycles. The summed E-state index contributed by atoms with van der Waals surface area (Å²) in [6.07, 6.45) is -3.82. The zero-order chi connectivity index (χ0) is 21.4. The number of methoxy groups -OCH3 is 1. The minimum atomic E-state index is -4.57. The smallest absolute Gasteiger partial charge is 0.433 e. The first kappa shape index (κ1) is 22.8. The normalized spacial score (nSPS) is 15.0. The van der Waals surface area contributed by atoms with Gasteiger partial charge in [0.2, 0.25) is 5.91 Å². The van der Waals surface area contributed by atoms with Crippen LogP contribution < -0.4 is 10.6 Å². The van der Waals surface area contributed by atoms with Crippen molar-refractivity contribution in [3.8, 4) is 0 Å². The van der Waals surface area contributed by atoms with Crippen LogP contribution in [0.1, 0.15) is 28.9 Å². The van der Waals surface area contributed by atoms with E-state index in [1.54, 1.807) is 16.7 Å². The summed E-state index contributed by atoms with van der Waals surface area (Å²) in [6, 6.07) is 0.991. The Balaban J connectivity index is 1.84. The lowest BCUT2D eigenvalue weighted by molar-refractivity contribution is -0.141. The molecule has 2 rings (SSSR count). The topological polar surface area (TPSA) is 101 Å². The second-order valence-electron chi connectivity index (χ2n) is 6.16. The number of hydrogen-bond donors (Lipinski definition) is 2. The molecule has 1 atom stereocenters. The van der Waals surface area contributed by atoms with Crippen LogP contribution in [0.15, 0.2) is 18.3 Å². The third-order valence-corrected chi connectivity index (χ3v) is 5.08. The van der Waals surface area contributed by atoms with Gasteiger partial charge in [0.1, 0.15) is 11.7 Å². The second kappa shape index (κ2) is 10.3. The van der Waals surface area contributed by atoms with Gasteiger partial charge < -0.3 is 20.3 Å². The number of rotatable bonds is 7. The summed E-state index contributed by atoms with van der Waals surface area (Å²) in [7, 11) is 1.20. The van der Waals surface area contributed by atoms with Gasteiger partial charge in [-0.3, -0.25) is 14.6 Å². The van der Waals surface area contributed by atoms with E-state index in [1.165, 1.54) is 7.11 Å². The zero-order valence-corrected chi connectivity index (χ0v) is 16.4. The van der Waals surface area contributed by atoms with Crippen molar-refractivity contribution in [1.29, 1.82) is 0 Å². The number of ether oxygens (including phenoxy) is 1. The molecule has 8 nitrogen and oxygen atoms in total. The number of thioether (sulfide) groups is 1. The molecule has 1 aliphatic rings. The molecule has 1 aromatic heterocycles. The lowest BCUT2D eigenvalue weighted by Crippen LogP contribution is -2.48. The molecule has 1 aromatic rings. The summed E-state index contributed by atoms with van der Waals surface area (Å²) >= 11 is 1.61. The van der Waals surface area contributed by atoms with Crippen molar-refractivity contribution in [2.75, 3.05) is 31.8 Å². The van der Waals surface area contributed by atoms with Gasteiger partial charge in [-0.1, -0.05) is 0 Å². The standard InChI is InChI=1S/C17H21F3N4O4S/c1-28-16(27)23-12(15(26)24-7-8-29-10-24)3-2-6-21-14(25)11-4-5-13(22-9-11)17(18,19)20/h4-5,9,12H,2-3,6-8,10H2,1H3,(H,21,25)(H,23,27)/t12-/m0/s1. The van der Waals surface area contributed by atoms with Gasteiger partial charge in [0.25, 0.3) is 5.91 Å².